The van der Waals surface area contributed by atoms with Crippen molar-refractivity contribution in [1.82, 2.24) is 4.90 Å². The van der Waals surface area contributed by atoms with Crippen LogP contribution in [-0.4, -0.2) is 28.8 Å². The average Bonchev–Trinajstić information content (AvgIpc) is 3.08. The summed E-state index contributed by atoms with van der Waals surface area (Å²) in [4.78, 5) is 27.5. The van der Waals surface area contributed by atoms with Crippen molar-refractivity contribution in [3.05, 3.63) is 76.7 Å². The number of thioether (sulfide) groups is 1. The zero-order valence-electron chi connectivity index (χ0n) is 19.0. The summed E-state index contributed by atoms with van der Waals surface area (Å²) in [6, 6.07) is 19.5. The molecular weight excluding hydrogens is 434 g/mol. The normalized spacial score (nSPS) is 16.0. The van der Waals surface area contributed by atoms with Crippen LogP contribution < -0.4 is 9.47 Å². The predicted octanol–water partition coefficient (Wildman–Crippen LogP) is 6.65. The van der Waals surface area contributed by atoms with E-state index in [0.717, 1.165) is 40.1 Å². The quantitative estimate of drug-likeness (QED) is 0.351. The number of amides is 2. The van der Waals surface area contributed by atoms with Crippen molar-refractivity contribution in [1.29, 1.82) is 0 Å². The molecule has 1 saturated heterocycles. The molecular formula is C27H27NO4S. The molecule has 0 bridgehead atoms. The van der Waals surface area contributed by atoms with E-state index in [4.69, 9.17) is 9.47 Å². The van der Waals surface area contributed by atoms with Gasteiger partial charge < -0.3 is 9.47 Å². The smallest absolute Gasteiger partial charge is 0.293 e. The second-order valence-corrected chi connectivity index (χ2v) is 8.88. The molecule has 3 aromatic rings. The van der Waals surface area contributed by atoms with Gasteiger partial charge in [-0.3, -0.25) is 14.5 Å². The predicted molar refractivity (Wildman–Crippen MR) is 133 cm³/mol. The molecule has 5 nitrogen and oxygen atoms in total. The number of carbonyl (C=O) groups is 2. The monoisotopic (exact) mass is 461 g/mol. The molecule has 0 saturated carbocycles. The molecule has 0 spiro atoms. The van der Waals surface area contributed by atoms with Gasteiger partial charge in [-0.15, -0.1) is 0 Å². The highest BCUT2D eigenvalue weighted by atomic mass is 32.2. The van der Waals surface area contributed by atoms with Crippen molar-refractivity contribution >= 4 is 39.8 Å². The van der Waals surface area contributed by atoms with Gasteiger partial charge in [-0.05, 0) is 72.1 Å². The Morgan fingerprint density at radius 2 is 1.79 bits per heavy atom. The Kier molecular flexibility index (Phi) is 7.04. The maximum Gasteiger partial charge on any atom is 0.293 e. The van der Waals surface area contributed by atoms with Gasteiger partial charge >= 0.3 is 0 Å². The van der Waals surface area contributed by atoms with Crippen LogP contribution in [0.1, 0.15) is 38.3 Å². The molecule has 1 atom stereocenters. The Bertz CT molecular complexity index is 1210. The van der Waals surface area contributed by atoms with E-state index in [0.29, 0.717) is 23.0 Å². The molecule has 1 heterocycles. The Morgan fingerprint density at radius 1 is 1.00 bits per heavy atom. The third-order valence-electron chi connectivity index (χ3n) is 5.55. The lowest BCUT2D eigenvalue weighted by atomic mass is 10.0. The number of benzene rings is 3. The molecule has 0 aliphatic carbocycles. The SMILES string of the molecule is CCOc1cc(/C=C2/SC(=O)N(Cc3cccc4ccccc34)C2=O)ccc1O[C@@H](C)CC. The third-order valence-corrected chi connectivity index (χ3v) is 6.46. The van der Waals surface area contributed by atoms with E-state index >= 15 is 0 Å². The van der Waals surface area contributed by atoms with Gasteiger partial charge in [0.05, 0.1) is 24.2 Å². The fourth-order valence-corrected chi connectivity index (χ4v) is 4.51. The van der Waals surface area contributed by atoms with E-state index in [-0.39, 0.29) is 23.8 Å². The number of rotatable bonds is 8. The van der Waals surface area contributed by atoms with Crippen molar-refractivity contribution in [2.24, 2.45) is 0 Å². The molecule has 1 aliphatic heterocycles. The van der Waals surface area contributed by atoms with Crippen molar-refractivity contribution in [2.45, 2.75) is 39.8 Å². The van der Waals surface area contributed by atoms with E-state index in [1.165, 1.54) is 4.90 Å². The van der Waals surface area contributed by atoms with Crippen LogP contribution in [0.25, 0.3) is 16.8 Å². The van der Waals surface area contributed by atoms with Crippen LogP contribution in [0.15, 0.2) is 65.6 Å². The zero-order chi connectivity index (χ0) is 23.4. The number of imide groups is 1. The standard InChI is InChI=1S/C27H27NO4S/c1-4-18(3)32-23-14-13-19(15-24(23)31-5-2)16-25-26(29)28(27(30)33-25)17-21-11-8-10-20-9-6-7-12-22(20)21/h6-16,18H,4-5,17H2,1-3H3/b25-16+/t18-/m0/s1. The van der Waals surface area contributed by atoms with E-state index in [1.54, 1.807) is 6.08 Å². The fraction of sp³-hybridized carbons (Fsp3) is 0.259. The van der Waals surface area contributed by atoms with E-state index in [1.807, 2.05) is 74.5 Å². The van der Waals surface area contributed by atoms with Gasteiger partial charge in [-0.25, -0.2) is 0 Å². The lowest BCUT2D eigenvalue weighted by Crippen LogP contribution is -2.27. The third kappa shape index (κ3) is 5.06. The van der Waals surface area contributed by atoms with Gasteiger partial charge in [-0.2, -0.15) is 0 Å². The van der Waals surface area contributed by atoms with Crippen molar-refractivity contribution in [2.75, 3.05) is 6.61 Å². The van der Waals surface area contributed by atoms with E-state index in [2.05, 4.69) is 6.92 Å². The van der Waals surface area contributed by atoms with Gasteiger partial charge in [-0.1, -0.05) is 55.5 Å². The Hall–Kier alpha value is -3.25. The van der Waals surface area contributed by atoms with Gasteiger partial charge in [0.1, 0.15) is 0 Å². The first-order chi connectivity index (χ1) is 16.0. The first kappa shape index (κ1) is 22.9. The number of nitrogens with zero attached hydrogens (tertiary/aromatic N) is 1. The van der Waals surface area contributed by atoms with E-state index in [9.17, 15) is 9.59 Å². The number of carbonyl (C=O) groups excluding carboxylic acids is 2. The molecule has 1 aliphatic rings. The van der Waals surface area contributed by atoms with Crippen LogP contribution in [0.5, 0.6) is 11.5 Å². The zero-order valence-corrected chi connectivity index (χ0v) is 19.9. The number of hydrogen-bond acceptors (Lipinski definition) is 5. The van der Waals surface area contributed by atoms with Crippen LogP contribution >= 0.6 is 11.8 Å². The van der Waals surface area contributed by atoms with Crippen LogP contribution in [0.4, 0.5) is 4.79 Å². The fourth-order valence-electron chi connectivity index (χ4n) is 3.67. The average molecular weight is 462 g/mol. The lowest BCUT2D eigenvalue weighted by molar-refractivity contribution is -0.123. The summed E-state index contributed by atoms with van der Waals surface area (Å²) in [5.41, 5.74) is 1.73. The van der Waals surface area contributed by atoms with Crippen LogP contribution in [-0.2, 0) is 11.3 Å². The van der Waals surface area contributed by atoms with Crippen LogP contribution in [0.2, 0.25) is 0 Å². The Balaban J connectivity index is 1.58. The van der Waals surface area contributed by atoms with Gasteiger partial charge in [0.15, 0.2) is 11.5 Å². The van der Waals surface area contributed by atoms with Crippen molar-refractivity contribution < 1.29 is 19.1 Å². The number of hydrogen-bond donors (Lipinski definition) is 0. The van der Waals surface area contributed by atoms with E-state index < -0.39 is 0 Å². The largest absolute Gasteiger partial charge is 0.490 e. The second-order valence-electron chi connectivity index (χ2n) is 7.88. The first-order valence-corrected chi connectivity index (χ1v) is 12.0. The summed E-state index contributed by atoms with van der Waals surface area (Å²) in [5.74, 6) is 1.02. The minimum absolute atomic E-state index is 0.0700. The summed E-state index contributed by atoms with van der Waals surface area (Å²) in [7, 11) is 0. The molecule has 1 fully saturated rings. The summed E-state index contributed by atoms with van der Waals surface area (Å²) in [5, 5.41) is 1.86. The highest BCUT2D eigenvalue weighted by Gasteiger charge is 2.35. The maximum atomic E-state index is 13.1. The molecule has 0 N–H and O–H groups in total. The summed E-state index contributed by atoms with van der Waals surface area (Å²) >= 11 is 0.965. The van der Waals surface area contributed by atoms with Gasteiger partial charge in [0.25, 0.3) is 11.1 Å². The first-order valence-electron chi connectivity index (χ1n) is 11.2. The van der Waals surface area contributed by atoms with Crippen molar-refractivity contribution in [3.8, 4) is 11.5 Å². The van der Waals surface area contributed by atoms with Crippen LogP contribution in [0.3, 0.4) is 0 Å². The summed E-state index contributed by atoms with van der Waals surface area (Å²) in [6.07, 6.45) is 2.70. The molecule has 0 unspecified atom stereocenters. The highest BCUT2D eigenvalue weighted by molar-refractivity contribution is 8.18. The Morgan fingerprint density at radius 3 is 2.58 bits per heavy atom. The molecule has 2 amide bonds. The minimum Gasteiger partial charge on any atom is -0.490 e. The molecule has 0 radical (unpaired) electrons. The van der Waals surface area contributed by atoms with Gasteiger partial charge in [0, 0.05) is 0 Å². The number of ether oxygens (including phenoxy) is 2. The maximum absolute atomic E-state index is 13.1. The van der Waals surface area contributed by atoms with Crippen LogP contribution in [0, 0.1) is 0 Å². The number of fused-ring (bicyclic) bond motifs is 1. The van der Waals surface area contributed by atoms with Gasteiger partial charge in [0.2, 0.25) is 0 Å². The molecule has 3 aromatic carbocycles. The van der Waals surface area contributed by atoms with Crippen molar-refractivity contribution in [3.63, 3.8) is 0 Å². The molecule has 170 valence electrons. The highest BCUT2D eigenvalue weighted by Crippen LogP contribution is 2.36. The minimum atomic E-state index is -0.282. The molecule has 33 heavy (non-hydrogen) atoms. The molecule has 0 aromatic heterocycles. The second kappa shape index (κ2) is 10.1. The Labute approximate surface area is 198 Å². The topological polar surface area (TPSA) is 55.8 Å². The summed E-state index contributed by atoms with van der Waals surface area (Å²) < 4.78 is 11.7. The molecule has 4 rings (SSSR count). The lowest BCUT2D eigenvalue weighted by Gasteiger charge is -2.16. The summed E-state index contributed by atoms with van der Waals surface area (Å²) in [6.45, 7) is 6.73. The molecule has 6 heteroatoms.